The average molecular weight is 195 g/mol. The molecule has 0 heterocycles. The van der Waals surface area contributed by atoms with Crippen LogP contribution in [-0.2, 0) is 0 Å². The summed E-state index contributed by atoms with van der Waals surface area (Å²) in [6.07, 6.45) is 8.57. The molecule has 0 saturated heterocycles. The molecule has 1 heteroatoms. The Morgan fingerprint density at radius 2 is 2.21 bits per heavy atom. The van der Waals surface area contributed by atoms with Crippen LogP contribution >= 0.6 is 0 Å². The van der Waals surface area contributed by atoms with Gasteiger partial charge in [-0.1, -0.05) is 33.1 Å². The number of rotatable bonds is 2. The highest BCUT2D eigenvalue weighted by molar-refractivity contribution is 4.97. The summed E-state index contributed by atoms with van der Waals surface area (Å²) in [5.41, 5.74) is 6.56. The second-order valence-corrected chi connectivity index (χ2v) is 5.73. The Kier molecular flexibility index (Phi) is 2.88. The molecule has 2 aliphatic carbocycles. The standard InChI is InChI=1S/C13H25N/c1-3-11-7-10(2)13(9-14)6-4-5-12(11)8-13/h10-12H,3-9,14H2,1-2H3. The van der Waals surface area contributed by atoms with Gasteiger partial charge < -0.3 is 5.73 Å². The Hall–Kier alpha value is -0.0400. The van der Waals surface area contributed by atoms with Crippen LogP contribution in [0.5, 0.6) is 0 Å². The van der Waals surface area contributed by atoms with Crippen molar-refractivity contribution >= 4 is 0 Å². The van der Waals surface area contributed by atoms with Crippen molar-refractivity contribution in [2.24, 2.45) is 28.9 Å². The van der Waals surface area contributed by atoms with Gasteiger partial charge in [-0.2, -0.15) is 0 Å². The van der Waals surface area contributed by atoms with Gasteiger partial charge in [-0.15, -0.1) is 0 Å². The summed E-state index contributed by atoms with van der Waals surface area (Å²) < 4.78 is 0. The Morgan fingerprint density at radius 3 is 2.86 bits per heavy atom. The molecule has 0 aliphatic heterocycles. The summed E-state index contributed by atoms with van der Waals surface area (Å²) in [5, 5.41) is 0. The molecule has 0 amide bonds. The second kappa shape index (κ2) is 3.84. The zero-order valence-electron chi connectivity index (χ0n) is 9.76. The van der Waals surface area contributed by atoms with Gasteiger partial charge in [0.05, 0.1) is 0 Å². The summed E-state index contributed by atoms with van der Waals surface area (Å²) >= 11 is 0. The predicted octanol–water partition coefficient (Wildman–Crippen LogP) is 3.19. The van der Waals surface area contributed by atoms with Crippen molar-refractivity contribution < 1.29 is 0 Å². The van der Waals surface area contributed by atoms with E-state index in [0.717, 1.165) is 24.3 Å². The first-order chi connectivity index (χ1) is 6.72. The molecule has 2 saturated carbocycles. The Balaban J connectivity index is 2.15. The van der Waals surface area contributed by atoms with E-state index in [9.17, 15) is 0 Å². The maximum atomic E-state index is 6.02. The minimum absolute atomic E-state index is 0.536. The van der Waals surface area contributed by atoms with Gasteiger partial charge in [0.2, 0.25) is 0 Å². The highest BCUT2D eigenvalue weighted by atomic mass is 14.6. The van der Waals surface area contributed by atoms with Crippen molar-refractivity contribution in [1.82, 2.24) is 0 Å². The van der Waals surface area contributed by atoms with E-state index in [1.54, 1.807) is 0 Å². The largest absolute Gasteiger partial charge is 0.330 e. The van der Waals surface area contributed by atoms with Crippen LogP contribution in [0.1, 0.15) is 52.4 Å². The number of fused-ring (bicyclic) bond motifs is 2. The summed E-state index contributed by atoms with van der Waals surface area (Å²) in [4.78, 5) is 0. The average Bonchev–Trinajstić information content (AvgIpc) is 2.24. The van der Waals surface area contributed by atoms with Gasteiger partial charge in [0.15, 0.2) is 0 Å². The molecular weight excluding hydrogens is 170 g/mol. The number of hydrogen-bond donors (Lipinski definition) is 1. The molecule has 0 aromatic heterocycles. The molecule has 2 fully saturated rings. The van der Waals surface area contributed by atoms with E-state index < -0.39 is 0 Å². The van der Waals surface area contributed by atoms with E-state index in [0.29, 0.717) is 5.41 Å². The normalized spacial score (nSPS) is 47.8. The molecule has 14 heavy (non-hydrogen) atoms. The molecule has 2 bridgehead atoms. The molecule has 4 atom stereocenters. The molecule has 4 unspecified atom stereocenters. The van der Waals surface area contributed by atoms with Crippen LogP contribution < -0.4 is 5.73 Å². The van der Waals surface area contributed by atoms with Gasteiger partial charge in [-0.05, 0) is 49.0 Å². The molecular formula is C13H25N. The first-order valence-electron chi connectivity index (χ1n) is 6.42. The van der Waals surface area contributed by atoms with E-state index in [4.69, 9.17) is 5.73 Å². The van der Waals surface area contributed by atoms with Gasteiger partial charge in [-0.3, -0.25) is 0 Å². The van der Waals surface area contributed by atoms with E-state index in [1.807, 2.05) is 0 Å². The van der Waals surface area contributed by atoms with E-state index in [-0.39, 0.29) is 0 Å². The van der Waals surface area contributed by atoms with Gasteiger partial charge in [-0.25, -0.2) is 0 Å². The molecule has 1 nitrogen and oxygen atoms in total. The lowest BCUT2D eigenvalue weighted by Crippen LogP contribution is -2.47. The van der Waals surface area contributed by atoms with Crippen molar-refractivity contribution in [2.75, 3.05) is 6.54 Å². The highest BCUT2D eigenvalue weighted by Crippen LogP contribution is 2.54. The van der Waals surface area contributed by atoms with Crippen molar-refractivity contribution in [3.05, 3.63) is 0 Å². The van der Waals surface area contributed by atoms with Crippen molar-refractivity contribution in [2.45, 2.75) is 52.4 Å². The maximum absolute atomic E-state index is 6.02. The minimum atomic E-state index is 0.536. The van der Waals surface area contributed by atoms with E-state index >= 15 is 0 Å². The lowest BCUT2D eigenvalue weighted by atomic mass is 9.54. The van der Waals surface area contributed by atoms with Crippen LogP contribution in [0.25, 0.3) is 0 Å². The zero-order valence-corrected chi connectivity index (χ0v) is 9.76. The number of nitrogens with two attached hydrogens (primary N) is 1. The monoisotopic (exact) mass is 195 g/mol. The van der Waals surface area contributed by atoms with Crippen LogP contribution in [0.2, 0.25) is 0 Å². The zero-order chi connectivity index (χ0) is 10.2. The molecule has 2 N–H and O–H groups in total. The lowest BCUT2D eigenvalue weighted by Gasteiger charge is -2.52. The van der Waals surface area contributed by atoms with Crippen LogP contribution in [0, 0.1) is 23.2 Å². The third-order valence-electron chi connectivity index (χ3n) is 5.22. The van der Waals surface area contributed by atoms with Crippen molar-refractivity contribution in [3.8, 4) is 0 Å². The van der Waals surface area contributed by atoms with Crippen molar-refractivity contribution in [3.63, 3.8) is 0 Å². The third kappa shape index (κ3) is 1.50. The summed E-state index contributed by atoms with van der Waals surface area (Å²) in [7, 11) is 0. The van der Waals surface area contributed by atoms with E-state index in [1.165, 1.54) is 38.5 Å². The van der Waals surface area contributed by atoms with Crippen LogP contribution in [0.4, 0.5) is 0 Å². The summed E-state index contributed by atoms with van der Waals surface area (Å²) in [5.74, 6) is 2.88. The molecule has 0 aromatic carbocycles. The first kappa shape index (κ1) is 10.5. The summed E-state index contributed by atoms with van der Waals surface area (Å²) in [6, 6.07) is 0. The van der Waals surface area contributed by atoms with Crippen molar-refractivity contribution in [1.29, 1.82) is 0 Å². The third-order valence-corrected chi connectivity index (χ3v) is 5.22. The fraction of sp³-hybridized carbons (Fsp3) is 1.00. The predicted molar refractivity (Wildman–Crippen MR) is 61.0 cm³/mol. The molecule has 0 spiro atoms. The molecule has 0 radical (unpaired) electrons. The maximum Gasteiger partial charge on any atom is -0.00179 e. The second-order valence-electron chi connectivity index (χ2n) is 5.73. The lowest BCUT2D eigenvalue weighted by molar-refractivity contribution is -0.0106. The SMILES string of the molecule is CCC1CC(C)C2(CN)CCCC1C2. The highest BCUT2D eigenvalue weighted by Gasteiger charge is 2.46. The minimum Gasteiger partial charge on any atom is -0.330 e. The van der Waals surface area contributed by atoms with Crippen LogP contribution in [0.3, 0.4) is 0 Å². The fourth-order valence-corrected chi connectivity index (χ4v) is 4.08. The Bertz CT molecular complexity index is 201. The molecule has 82 valence electrons. The quantitative estimate of drug-likeness (QED) is 0.719. The molecule has 2 rings (SSSR count). The van der Waals surface area contributed by atoms with Gasteiger partial charge in [0.1, 0.15) is 0 Å². The topological polar surface area (TPSA) is 26.0 Å². The number of hydrogen-bond acceptors (Lipinski definition) is 1. The Labute approximate surface area is 88.4 Å². The first-order valence-corrected chi connectivity index (χ1v) is 6.42. The van der Waals surface area contributed by atoms with Gasteiger partial charge >= 0.3 is 0 Å². The van der Waals surface area contributed by atoms with Gasteiger partial charge in [0, 0.05) is 0 Å². The smallest absolute Gasteiger partial charge is 0.00179 e. The molecule has 2 aliphatic rings. The van der Waals surface area contributed by atoms with Crippen LogP contribution in [-0.4, -0.2) is 6.54 Å². The summed E-state index contributed by atoms with van der Waals surface area (Å²) in [6.45, 7) is 5.74. The van der Waals surface area contributed by atoms with Crippen LogP contribution in [0.15, 0.2) is 0 Å². The molecule has 0 aromatic rings. The Morgan fingerprint density at radius 1 is 1.43 bits per heavy atom. The van der Waals surface area contributed by atoms with Gasteiger partial charge in [0.25, 0.3) is 0 Å². The van der Waals surface area contributed by atoms with E-state index in [2.05, 4.69) is 13.8 Å². The fourth-order valence-electron chi connectivity index (χ4n) is 4.08.